The molecule has 25 heavy (non-hydrogen) atoms. The van der Waals surface area contributed by atoms with Crippen LogP contribution < -0.4 is 15.4 Å². The van der Waals surface area contributed by atoms with Crippen LogP contribution in [0.2, 0.25) is 0 Å². The molecule has 1 aromatic heterocycles. The van der Waals surface area contributed by atoms with Crippen molar-refractivity contribution < 1.29 is 14.3 Å². The van der Waals surface area contributed by atoms with Crippen molar-refractivity contribution >= 4 is 5.91 Å². The summed E-state index contributed by atoms with van der Waals surface area (Å²) in [5.74, 6) is 1.41. The van der Waals surface area contributed by atoms with Gasteiger partial charge in [0.25, 0.3) is 0 Å². The molecule has 3 heterocycles. The molecule has 2 atom stereocenters. The van der Waals surface area contributed by atoms with Crippen molar-refractivity contribution in [2.24, 2.45) is 18.9 Å². The Hall–Kier alpha value is -1.60. The molecule has 2 N–H and O–H groups in total. The Kier molecular flexibility index (Phi) is 5.96. The van der Waals surface area contributed by atoms with Gasteiger partial charge in [0.1, 0.15) is 0 Å². The van der Waals surface area contributed by atoms with E-state index >= 15 is 0 Å². The second-order valence-electron chi connectivity index (χ2n) is 7.15. The fourth-order valence-electron chi connectivity index (χ4n) is 4.07. The van der Waals surface area contributed by atoms with Gasteiger partial charge in [-0.2, -0.15) is 5.10 Å². The molecule has 2 saturated heterocycles. The molecule has 3 rings (SSSR count). The Morgan fingerprint density at radius 1 is 1.40 bits per heavy atom. The highest BCUT2D eigenvalue weighted by Gasteiger charge is 2.35. The minimum atomic E-state index is -0.0436. The number of aromatic nitrogens is 2. The molecular weight excluding hydrogens is 320 g/mol. The number of hydrogen-bond donors (Lipinski definition) is 2. The van der Waals surface area contributed by atoms with Crippen LogP contribution in [0.1, 0.15) is 36.9 Å². The Labute approximate surface area is 149 Å². The highest BCUT2D eigenvalue weighted by atomic mass is 16.5. The summed E-state index contributed by atoms with van der Waals surface area (Å²) in [4.78, 5) is 12.7. The standard InChI is InChI=1S/C18H30N4O3/c1-12-15(18(24-3)22(2)21-12)11-20-17(23)14-6-9-25-16(14)10-13-4-7-19-8-5-13/h13-14,16,19H,4-11H2,1-3H3,(H,20,23)/t14-,16-/m1/s1. The minimum absolute atomic E-state index is 0.0436. The molecule has 0 saturated carbocycles. The smallest absolute Gasteiger partial charge is 0.226 e. The van der Waals surface area contributed by atoms with Crippen molar-refractivity contribution in [1.29, 1.82) is 0 Å². The molecule has 1 amide bonds. The normalized spacial score (nSPS) is 24.4. The van der Waals surface area contributed by atoms with Crippen molar-refractivity contribution in [1.82, 2.24) is 20.4 Å². The van der Waals surface area contributed by atoms with Crippen LogP contribution in [-0.4, -0.2) is 48.6 Å². The van der Waals surface area contributed by atoms with E-state index in [0.717, 1.165) is 37.2 Å². The third-order valence-corrected chi connectivity index (χ3v) is 5.49. The van der Waals surface area contributed by atoms with Crippen molar-refractivity contribution in [3.63, 3.8) is 0 Å². The number of carbonyl (C=O) groups excluding carboxylic acids is 1. The summed E-state index contributed by atoms with van der Waals surface area (Å²) in [5, 5.41) is 10.8. The lowest BCUT2D eigenvalue weighted by molar-refractivity contribution is -0.127. The Morgan fingerprint density at radius 3 is 2.88 bits per heavy atom. The topological polar surface area (TPSA) is 77.4 Å². The second-order valence-corrected chi connectivity index (χ2v) is 7.15. The van der Waals surface area contributed by atoms with Crippen molar-refractivity contribution in [2.75, 3.05) is 26.8 Å². The van der Waals surface area contributed by atoms with Gasteiger partial charge < -0.3 is 20.1 Å². The number of aryl methyl sites for hydroxylation is 2. The van der Waals surface area contributed by atoms with Crippen LogP contribution in [0.25, 0.3) is 0 Å². The molecular formula is C18H30N4O3. The summed E-state index contributed by atoms with van der Waals surface area (Å²) in [5.41, 5.74) is 1.82. The third-order valence-electron chi connectivity index (χ3n) is 5.49. The molecule has 0 aliphatic carbocycles. The highest BCUT2D eigenvalue weighted by Crippen LogP contribution is 2.30. The third kappa shape index (κ3) is 4.15. The van der Waals surface area contributed by atoms with E-state index in [1.54, 1.807) is 11.8 Å². The fraction of sp³-hybridized carbons (Fsp3) is 0.778. The molecule has 1 aromatic rings. The first-order valence-corrected chi connectivity index (χ1v) is 9.26. The second kappa shape index (κ2) is 8.19. The molecule has 0 aromatic carbocycles. The minimum Gasteiger partial charge on any atom is -0.481 e. The zero-order chi connectivity index (χ0) is 17.8. The van der Waals surface area contributed by atoms with E-state index in [4.69, 9.17) is 9.47 Å². The lowest BCUT2D eigenvalue weighted by Crippen LogP contribution is -2.37. The summed E-state index contributed by atoms with van der Waals surface area (Å²) in [6, 6.07) is 0. The zero-order valence-corrected chi connectivity index (χ0v) is 15.5. The summed E-state index contributed by atoms with van der Waals surface area (Å²) in [6.45, 7) is 5.21. The van der Waals surface area contributed by atoms with Gasteiger partial charge in [0, 0.05) is 20.2 Å². The van der Waals surface area contributed by atoms with E-state index in [9.17, 15) is 4.79 Å². The molecule has 7 heteroatoms. The average Bonchev–Trinajstić information content (AvgIpc) is 3.17. The van der Waals surface area contributed by atoms with Gasteiger partial charge in [0.2, 0.25) is 11.8 Å². The molecule has 0 radical (unpaired) electrons. The summed E-state index contributed by atoms with van der Waals surface area (Å²) >= 11 is 0. The predicted octanol–water partition coefficient (Wildman–Crippen LogP) is 1.15. The molecule has 0 spiro atoms. The first-order valence-electron chi connectivity index (χ1n) is 9.26. The van der Waals surface area contributed by atoms with Crippen LogP contribution in [0.5, 0.6) is 5.88 Å². The Bertz CT molecular complexity index is 595. The van der Waals surface area contributed by atoms with Crippen molar-refractivity contribution in [2.45, 2.75) is 45.3 Å². The molecule has 2 aliphatic heterocycles. The summed E-state index contributed by atoms with van der Waals surface area (Å²) < 4.78 is 13.0. The van der Waals surface area contributed by atoms with Crippen molar-refractivity contribution in [3.05, 3.63) is 11.3 Å². The molecule has 7 nitrogen and oxygen atoms in total. The van der Waals surface area contributed by atoms with Crippen LogP contribution in [0, 0.1) is 18.8 Å². The van der Waals surface area contributed by atoms with E-state index in [0.29, 0.717) is 24.9 Å². The molecule has 0 bridgehead atoms. The van der Waals surface area contributed by atoms with Crippen molar-refractivity contribution in [3.8, 4) is 5.88 Å². The van der Waals surface area contributed by atoms with Gasteiger partial charge in [-0.15, -0.1) is 0 Å². The number of ether oxygens (including phenoxy) is 2. The number of nitrogens with zero attached hydrogens (tertiary/aromatic N) is 2. The van der Waals surface area contributed by atoms with Gasteiger partial charge in [-0.3, -0.25) is 4.79 Å². The fourth-order valence-corrected chi connectivity index (χ4v) is 4.07. The average molecular weight is 350 g/mol. The molecule has 140 valence electrons. The monoisotopic (exact) mass is 350 g/mol. The van der Waals surface area contributed by atoms with Crippen LogP contribution in [0.3, 0.4) is 0 Å². The first-order chi connectivity index (χ1) is 12.1. The van der Waals surface area contributed by atoms with E-state index in [1.165, 1.54) is 12.8 Å². The number of hydrogen-bond acceptors (Lipinski definition) is 5. The van der Waals surface area contributed by atoms with E-state index in [1.807, 2.05) is 14.0 Å². The number of carbonyl (C=O) groups is 1. The van der Waals surface area contributed by atoms with Crippen LogP contribution in [0.4, 0.5) is 0 Å². The van der Waals surface area contributed by atoms with Gasteiger partial charge in [-0.1, -0.05) is 0 Å². The summed E-state index contributed by atoms with van der Waals surface area (Å²) in [6.07, 6.45) is 4.22. The first kappa shape index (κ1) is 18.2. The zero-order valence-electron chi connectivity index (χ0n) is 15.5. The molecule has 2 aliphatic rings. The predicted molar refractivity (Wildman–Crippen MR) is 94.4 cm³/mol. The maximum Gasteiger partial charge on any atom is 0.226 e. The maximum atomic E-state index is 12.7. The number of methoxy groups -OCH3 is 1. The summed E-state index contributed by atoms with van der Waals surface area (Å²) in [7, 11) is 3.47. The SMILES string of the molecule is COc1c(CNC(=O)[C@@H]2CCO[C@@H]2CC2CCNCC2)c(C)nn1C. The maximum absolute atomic E-state index is 12.7. The van der Waals surface area contributed by atoms with Gasteiger partial charge in [0.05, 0.1) is 30.4 Å². The van der Waals surface area contributed by atoms with Crippen LogP contribution in [-0.2, 0) is 23.1 Å². The van der Waals surface area contributed by atoms with E-state index in [2.05, 4.69) is 15.7 Å². The Morgan fingerprint density at radius 2 is 2.16 bits per heavy atom. The Balaban J connectivity index is 1.56. The van der Waals surface area contributed by atoms with Gasteiger partial charge in [0.15, 0.2) is 0 Å². The number of nitrogens with one attached hydrogen (secondary N) is 2. The van der Waals surface area contributed by atoms with Crippen LogP contribution >= 0.6 is 0 Å². The number of amides is 1. The highest BCUT2D eigenvalue weighted by molar-refractivity contribution is 5.79. The molecule has 0 unspecified atom stereocenters. The van der Waals surface area contributed by atoms with Crippen LogP contribution in [0.15, 0.2) is 0 Å². The van der Waals surface area contributed by atoms with Gasteiger partial charge >= 0.3 is 0 Å². The van der Waals surface area contributed by atoms with E-state index in [-0.39, 0.29) is 17.9 Å². The quantitative estimate of drug-likeness (QED) is 0.805. The van der Waals surface area contributed by atoms with E-state index < -0.39 is 0 Å². The molecule has 2 fully saturated rings. The van der Waals surface area contributed by atoms with Gasteiger partial charge in [-0.05, 0) is 51.6 Å². The number of rotatable bonds is 6. The van der Waals surface area contributed by atoms with Gasteiger partial charge in [-0.25, -0.2) is 4.68 Å². The number of piperidine rings is 1. The lowest BCUT2D eigenvalue weighted by atomic mass is 9.87. The largest absolute Gasteiger partial charge is 0.481 e. The lowest BCUT2D eigenvalue weighted by Gasteiger charge is -2.27.